The highest BCUT2D eigenvalue weighted by atomic mass is 14.7. The molecule has 2 heteroatoms. The molecule has 0 N–H and O–H groups in total. The third-order valence-electron chi connectivity index (χ3n) is 9.24. The Labute approximate surface area is 241 Å². The van der Waals surface area contributed by atoms with Crippen molar-refractivity contribution in [2.24, 2.45) is 0 Å². The van der Waals surface area contributed by atoms with Crippen LogP contribution in [0.25, 0.3) is 97.9 Å². The molecule has 2 aromatic heterocycles. The maximum absolute atomic E-state index is 4.63. The summed E-state index contributed by atoms with van der Waals surface area (Å²) in [5.41, 5.74) is 4.30. The van der Waals surface area contributed by atoms with Crippen molar-refractivity contribution in [3.05, 3.63) is 134 Å². The van der Waals surface area contributed by atoms with Crippen LogP contribution >= 0.6 is 0 Å². The van der Waals surface area contributed by atoms with Gasteiger partial charge in [0, 0.05) is 23.5 Å². The van der Waals surface area contributed by atoms with Crippen molar-refractivity contribution in [2.75, 3.05) is 0 Å². The van der Waals surface area contributed by atoms with Gasteiger partial charge in [-0.15, -0.1) is 0 Å². The number of aromatic nitrogens is 2. The van der Waals surface area contributed by atoms with Gasteiger partial charge in [-0.1, -0.05) is 72.8 Å². The number of pyridine rings is 2. The molecule has 0 aliphatic heterocycles. The summed E-state index contributed by atoms with van der Waals surface area (Å²) >= 11 is 0. The minimum atomic E-state index is 1.00. The molecule has 0 amide bonds. The minimum Gasteiger partial charge on any atom is -0.256 e. The Hall–Kier alpha value is -5.60. The van der Waals surface area contributed by atoms with E-state index >= 15 is 0 Å². The zero-order valence-corrected chi connectivity index (χ0v) is 22.6. The second-order valence-electron chi connectivity index (χ2n) is 11.4. The fourth-order valence-electron chi connectivity index (χ4n) is 7.43. The quantitative estimate of drug-likeness (QED) is 0.208. The van der Waals surface area contributed by atoms with Gasteiger partial charge in [0.2, 0.25) is 0 Å². The van der Waals surface area contributed by atoms with Crippen LogP contribution in [-0.4, -0.2) is 9.97 Å². The average molecular weight is 531 g/mol. The normalized spacial score (nSPS) is 12.3. The van der Waals surface area contributed by atoms with E-state index in [1.165, 1.54) is 75.4 Å². The highest BCUT2D eigenvalue weighted by molar-refractivity contribution is 6.41. The fourth-order valence-corrected chi connectivity index (χ4v) is 7.43. The van der Waals surface area contributed by atoms with Gasteiger partial charge in [-0.25, -0.2) is 0 Å². The van der Waals surface area contributed by atoms with Crippen LogP contribution in [0.4, 0.5) is 0 Å². The van der Waals surface area contributed by atoms with E-state index in [4.69, 9.17) is 0 Å². The lowest BCUT2D eigenvalue weighted by Crippen LogP contribution is -1.83. The van der Waals surface area contributed by atoms with E-state index in [0.29, 0.717) is 0 Å². The zero-order valence-electron chi connectivity index (χ0n) is 22.6. The topological polar surface area (TPSA) is 25.8 Å². The summed E-state index contributed by atoms with van der Waals surface area (Å²) < 4.78 is 0. The Morgan fingerprint density at radius 3 is 1.14 bits per heavy atom. The standard InChI is InChI=1S/C40H22N2/c1-3-17-41-37(11-1)23-13-15-25-27-7-5-9-29-34-22-36-32-20-24(38-12-2-4-18-42-38)14-16-26(32)28-8-6-10-30(40(28)36)33(34)21-35(39(27)29)31(25)19-23/h1-22H. The highest BCUT2D eigenvalue weighted by Gasteiger charge is 2.19. The average Bonchev–Trinajstić information content (AvgIpc) is 3.56. The van der Waals surface area contributed by atoms with Crippen LogP contribution in [0.15, 0.2) is 134 Å². The summed E-state index contributed by atoms with van der Waals surface area (Å²) in [6, 6.07) is 44.3. The van der Waals surface area contributed by atoms with E-state index in [2.05, 4.69) is 119 Å². The molecule has 0 unspecified atom stereocenters. The molecule has 10 rings (SSSR count). The van der Waals surface area contributed by atoms with Crippen LogP contribution in [0.1, 0.15) is 0 Å². The van der Waals surface area contributed by atoms with Crippen molar-refractivity contribution in [2.45, 2.75) is 0 Å². The first-order chi connectivity index (χ1) is 20.8. The van der Waals surface area contributed by atoms with E-state index in [0.717, 1.165) is 22.5 Å². The number of rotatable bonds is 2. The molecule has 192 valence electrons. The van der Waals surface area contributed by atoms with E-state index in [1.807, 2.05) is 24.5 Å². The number of fused-ring (bicyclic) bond motifs is 9. The Morgan fingerprint density at radius 2 is 0.714 bits per heavy atom. The Balaban J connectivity index is 1.36. The molecular weight excluding hydrogens is 508 g/mol. The molecule has 0 atom stereocenters. The largest absolute Gasteiger partial charge is 0.256 e. The first-order valence-electron chi connectivity index (χ1n) is 14.4. The van der Waals surface area contributed by atoms with Gasteiger partial charge in [-0.2, -0.15) is 0 Å². The molecule has 2 nitrogen and oxygen atoms in total. The molecular formula is C40H22N2. The third-order valence-corrected chi connectivity index (χ3v) is 9.24. The van der Waals surface area contributed by atoms with Crippen molar-refractivity contribution in [1.29, 1.82) is 0 Å². The van der Waals surface area contributed by atoms with Crippen molar-refractivity contribution >= 4 is 75.4 Å². The third kappa shape index (κ3) is 2.83. The molecule has 0 spiro atoms. The molecule has 10 aromatic rings. The van der Waals surface area contributed by atoms with E-state index in [9.17, 15) is 0 Å². The zero-order chi connectivity index (χ0) is 27.4. The molecule has 0 aliphatic carbocycles. The van der Waals surface area contributed by atoms with Gasteiger partial charge in [0.05, 0.1) is 11.4 Å². The summed E-state index contributed by atoms with van der Waals surface area (Å²) in [5, 5.41) is 18.4. The van der Waals surface area contributed by atoms with E-state index < -0.39 is 0 Å². The monoisotopic (exact) mass is 530 g/mol. The van der Waals surface area contributed by atoms with Crippen LogP contribution in [0.2, 0.25) is 0 Å². The number of hydrogen-bond donors (Lipinski definition) is 0. The molecule has 0 saturated carbocycles. The van der Waals surface area contributed by atoms with Crippen molar-refractivity contribution < 1.29 is 0 Å². The van der Waals surface area contributed by atoms with Gasteiger partial charge in [-0.3, -0.25) is 9.97 Å². The lowest BCUT2D eigenvalue weighted by molar-refractivity contribution is 1.33. The fraction of sp³-hybridized carbons (Fsp3) is 0. The Morgan fingerprint density at radius 1 is 0.286 bits per heavy atom. The predicted molar refractivity (Wildman–Crippen MR) is 178 cm³/mol. The first kappa shape index (κ1) is 22.1. The van der Waals surface area contributed by atoms with E-state index in [-0.39, 0.29) is 0 Å². The minimum absolute atomic E-state index is 1.00. The number of nitrogens with zero attached hydrogens (tertiary/aromatic N) is 2. The second-order valence-corrected chi connectivity index (χ2v) is 11.4. The van der Waals surface area contributed by atoms with Gasteiger partial charge >= 0.3 is 0 Å². The molecule has 8 aromatic carbocycles. The lowest BCUT2D eigenvalue weighted by Gasteiger charge is -2.10. The summed E-state index contributed by atoms with van der Waals surface area (Å²) in [7, 11) is 0. The molecule has 0 bridgehead atoms. The van der Waals surface area contributed by atoms with Crippen molar-refractivity contribution in [1.82, 2.24) is 9.97 Å². The van der Waals surface area contributed by atoms with Crippen LogP contribution in [0.5, 0.6) is 0 Å². The first-order valence-corrected chi connectivity index (χ1v) is 14.4. The maximum atomic E-state index is 4.63. The van der Waals surface area contributed by atoms with Gasteiger partial charge in [0.25, 0.3) is 0 Å². The number of hydrogen-bond acceptors (Lipinski definition) is 2. The summed E-state index contributed by atoms with van der Waals surface area (Å²) in [6.07, 6.45) is 3.73. The Kier molecular flexibility index (Phi) is 4.21. The van der Waals surface area contributed by atoms with Crippen molar-refractivity contribution in [3.63, 3.8) is 0 Å². The smallest absolute Gasteiger partial charge is 0.0702 e. The van der Waals surface area contributed by atoms with Gasteiger partial charge in [0.1, 0.15) is 0 Å². The second kappa shape index (κ2) is 7.99. The van der Waals surface area contributed by atoms with Crippen LogP contribution in [0, 0.1) is 0 Å². The van der Waals surface area contributed by atoms with Gasteiger partial charge < -0.3 is 0 Å². The maximum Gasteiger partial charge on any atom is 0.0702 e. The molecule has 0 aliphatic rings. The predicted octanol–water partition coefficient (Wildman–Crippen LogP) is 10.8. The lowest BCUT2D eigenvalue weighted by atomic mass is 9.93. The highest BCUT2D eigenvalue weighted by Crippen LogP contribution is 2.48. The summed E-state index contributed by atoms with van der Waals surface area (Å²) in [4.78, 5) is 9.26. The summed E-state index contributed by atoms with van der Waals surface area (Å²) in [6.45, 7) is 0. The SMILES string of the molecule is c1ccc(-c2ccc3c(c2)c2cc4c(cc5c6cc(-c7ccccn7)ccc6c6cccc4c65)c4cccc3c42)nc1. The number of benzene rings is 6. The Bertz CT molecular complexity index is 2470. The van der Waals surface area contributed by atoms with Crippen LogP contribution in [-0.2, 0) is 0 Å². The van der Waals surface area contributed by atoms with E-state index in [1.54, 1.807) is 0 Å². The van der Waals surface area contributed by atoms with Crippen molar-refractivity contribution in [3.8, 4) is 22.5 Å². The molecule has 0 radical (unpaired) electrons. The molecule has 0 fully saturated rings. The van der Waals surface area contributed by atoms with Crippen LogP contribution < -0.4 is 0 Å². The molecule has 42 heavy (non-hydrogen) atoms. The molecule has 0 saturated heterocycles. The van der Waals surface area contributed by atoms with Crippen LogP contribution in [0.3, 0.4) is 0 Å². The summed E-state index contributed by atoms with van der Waals surface area (Å²) in [5.74, 6) is 0. The van der Waals surface area contributed by atoms with Gasteiger partial charge in [-0.05, 0) is 124 Å². The molecule has 2 heterocycles. The van der Waals surface area contributed by atoms with Gasteiger partial charge in [0.15, 0.2) is 0 Å².